The Morgan fingerprint density at radius 2 is 1.86 bits per heavy atom. The van der Waals surface area contributed by atoms with Gasteiger partial charge in [0.05, 0.1) is 11.9 Å². The Hall–Kier alpha value is -2.38. The van der Waals surface area contributed by atoms with Gasteiger partial charge in [-0.2, -0.15) is 0 Å². The van der Waals surface area contributed by atoms with E-state index in [1.54, 1.807) is 43.3 Å². The Kier molecular flexibility index (Phi) is 6.85. The van der Waals surface area contributed by atoms with Crippen LogP contribution in [0.1, 0.15) is 36.2 Å². The molecule has 0 fully saturated rings. The SMILES string of the molecule is CCC(C(=O)Nc1cccc(C(C)=O)c1)N(c1ccc(C)c(Cl)c1)S(C)(=O)=O. The molecule has 0 aliphatic carbocycles. The average Bonchev–Trinajstić information content (AvgIpc) is 2.61. The zero-order valence-electron chi connectivity index (χ0n) is 16.2. The van der Waals surface area contributed by atoms with Crippen LogP contribution in [0.15, 0.2) is 42.5 Å². The predicted molar refractivity (Wildman–Crippen MR) is 113 cm³/mol. The lowest BCUT2D eigenvalue weighted by molar-refractivity contribution is -0.117. The molecule has 6 nitrogen and oxygen atoms in total. The van der Waals surface area contributed by atoms with Gasteiger partial charge in [-0.15, -0.1) is 0 Å². The number of hydrogen-bond donors (Lipinski definition) is 1. The van der Waals surface area contributed by atoms with Crippen LogP contribution in [0.4, 0.5) is 11.4 Å². The molecule has 0 aromatic heterocycles. The summed E-state index contributed by atoms with van der Waals surface area (Å²) in [5, 5.41) is 3.12. The molecule has 0 aliphatic rings. The van der Waals surface area contributed by atoms with Crippen molar-refractivity contribution in [3.05, 3.63) is 58.6 Å². The maximum atomic E-state index is 12.9. The molecule has 1 amide bonds. The highest BCUT2D eigenvalue weighted by atomic mass is 35.5. The first-order valence-electron chi connectivity index (χ1n) is 8.72. The molecule has 2 aromatic rings. The van der Waals surface area contributed by atoms with Crippen LogP contribution in [-0.2, 0) is 14.8 Å². The number of Topliss-reactive ketones (excluding diaryl/α,β-unsaturated/α-hetero) is 1. The Balaban J connectivity index is 2.40. The van der Waals surface area contributed by atoms with Gasteiger partial charge in [-0.05, 0) is 50.1 Å². The van der Waals surface area contributed by atoms with E-state index in [9.17, 15) is 18.0 Å². The van der Waals surface area contributed by atoms with E-state index >= 15 is 0 Å². The molecule has 2 rings (SSSR count). The predicted octanol–water partition coefficient (Wildman–Crippen LogP) is 4.03. The number of sulfonamides is 1. The molecule has 150 valence electrons. The zero-order chi connectivity index (χ0) is 21.1. The van der Waals surface area contributed by atoms with Crippen LogP contribution in [0.3, 0.4) is 0 Å². The molecule has 0 radical (unpaired) electrons. The second-order valence-electron chi connectivity index (χ2n) is 6.54. The highest BCUT2D eigenvalue weighted by molar-refractivity contribution is 7.92. The van der Waals surface area contributed by atoms with Crippen LogP contribution >= 0.6 is 11.6 Å². The number of rotatable bonds is 7. The van der Waals surface area contributed by atoms with E-state index in [1.807, 2.05) is 6.92 Å². The van der Waals surface area contributed by atoms with Gasteiger partial charge in [0.1, 0.15) is 6.04 Å². The van der Waals surface area contributed by atoms with Gasteiger partial charge in [-0.1, -0.05) is 36.7 Å². The van der Waals surface area contributed by atoms with Gasteiger partial charge in [0, 0.05) is 16.3 Å². The number of ketones is 1. The quantitative estimate of drug-likeness (QED) is 0.682. The van der Waals surface area contributed by atoms with Crippen molar-refractivity contribution in [2.45, 2.75) is 33.2 Å². The summed E-state index contributed by atoms with van der Waals surface area (Å²) in [4.78, 5) is 24.4. The monoisotopic (exact) mass is 422 g/mol. The number of carbonyl (C=O) groups excluding carboxylic acids is 2. The minimum atomic E-state index is -3.76. The lowest BCUT2D eigenvalue weighted by Gasteiger charge is -2.30. The third-order valence-corrected chi connectivity index (χ3v) is 5.86. The maximum absolute atomic E-state index is 12.9. The van der Waals surface area contributed by atoms with Gasteiger partial charge in [-0.3, -0.25) is 13.9 Å². The van der Waals surface area contributed by atoms with Crippen molar-refractivity contribution in [2.24, 2.45) is 0 Å². The van der Waals surface area contributed by atoms with Crippen molar-refractivity contribution in [3.8, 4) is 0 Å². The number of carbonyl (C=O) groups is 2. The molecule has 0 spiro atoms. The summed E-state index contributed by atoms with van der Waals surface area (Å²) in [7, 11) is -3.76. The second-order valence-corrected chi connectivity index (χ2v) is 8.81. The molecule has 0 bridgehead atoms. The third kappa shape index (κ3) is 5.11. The van der Waals surface area contributed by atoms with Gasteiger partial charge in [0.15, 0.2) is 5.78 Å². The van der Waals surface area contributed by atoms with E-state index in [4.69, 9.17) is 11.6 Å². The maximum Gasteiger partial charge on any atom is 0.248 e. The summed E-state index contributed by atoms with van der Waals surface area (Å²) < 4.78 is 26.0. The molecule has 1 N–H and O–H groups in total. The van der Waals surface area contributed by atoms with Crippen LogP contribution in [0.25, 0.3) is 0 Å². The fourth-order valence-corrected chi connectivity index (χ4v) is 4.20. The van der Waals surface area contributed by atoms with Crippen molar-refractivity contribution in [2.75, 3.05) is 15.9 Å². The van der Waals surface area contributed by atoms with Crippen molar-refractivity contribution in [1.29, 1.82) is 0 Å². The van der Waals surface area contributed by atoms with Crippen LogP contribution in [0.2, 0.25) is 5.02 Å². The van der Waals surface area contributed by atoms with E-state index in [0.717, 1.165) is 16.1 Å². The van der Waals surface area contributed by atoms with Gasteiger partial charge in [0.25, 0.3) is 0 Å². The number of halogens is 1. The summed E-state index contributed by atoms with van der Waals surface area (Å²) in [5.41, 5.74) is 2.00. The number of nitrogens with one attached hydrogen (secondary N) is 1. The fraction of sp³-hybridized carbons (Fsp3) is 0.300. The first kappa shape index (κ1) is 21.9. The Morgan fingerprint density at radius 1 is 1.18 bits per heavy atom. The highest BCUT2D eigenvalue weighted by Gasteiger charge is 2.31. The molecule has 0 saturated heterocycles. The van der Waals surface area contributed by atoms with Crippen LogP contribution in [0.5, 0.6) is 0 Å². The zero-order valence-corrected chi connectivity index (χ0v) is 17.8. The summed E-state index contributed by atoms with van der Waals surface area (Å²) in [6.07, 6.45) is 1.30. The van der Waals surface area contributed by atoms with Gasteiger partial charge in [-0.25, -0.2) is 8.42 Å². The number of anilines is 2. The number of benzene rings is 2. The molecule has 0 aliphatic heterocycles. The summed E-state index contributed by atoms with van der Waals surface area (Å²) in [6, 6.07) is 10.4. The molecular weight excluding hydrogens is 400 g/mol. The van der Waals surface area contributed by atoms with Gasteiger partial charge >= 0.3 is 0 Å². The van der Waals surface area contributed by atoms with Crippen molar-refractivity contribution < 1.29 is 18.0 Å². The highest BCUT2D eigenvalue weighted by Crippen LogP contribution is 2.28. The topological polar surface area (TPSA) is 83.6 Å². The van der Waals surface area contributed by atoms with Crippen molar-refractivity contribution in [1.82, 2.24) is 0 Å². The van der Waals surface area contributed by atoms with Crippen molar-refractivity contribution >= 4 is 44.7 Å². The number of amides is 1. The largest absolute Gasteiger partial charge is 0.324 e. The molecular formula is C20H23ClN2O4S. The lowest BCUT2D eigenvalue weighted by Crippen LogP contribution is -2.47. The Bertz CT molecular complexity index is 1010. The lowest BCUT2D eigenvalue weighted by atomic mass is 10.1. The summed E-state index contributed by atoms with van der Waals surface area (Å²) >= 11 is 6.16. The molecule has 2 aromatic carbocycles. The standard InChI is InChI=1S/C20H23ClN2O4S/c1-5-19(20(25)22-16-8-6-7-15(11-16)14(3)24)23(28(4,26)27)17-10-9-13(2)18(21)12-17/h6-12,19H,5H2,1-4H3,(H,22,25). The molecule has 8 heteroatoms. The van der Waals surface area contributed by atoms with E-state index < -0.39 is 22.0 Å². The van der Waals surface area contributed by atoms with E-state index in [2.05, 4.69) is 5.32 Å². The third-order valence-electron chi connectivity index (χ3n) is 4.28. The smallest absolute Gasteiger partial charge is 0.248 e. The average molecular weight is 423 g/mol. The van der Waals surface area contributed by atoms with Gasteiger partial charge in [0.2, 0.25) is 15.9 Å². The molecule has 1 unspecified atom stereocenters. The minimum Gasteiger partial charge on any atom is -0.324 e. The first-order valence-corrected chi connectivity index (χ1v) is 10.9. The summed E-state index contributed by atoms with van der Waals surface area (Å²) in [6.45, 7) is 4.97. The van der Waals surface area contributed by atoms with E-state index in [-0.39, 0.29) is 12.2 Å². The van der Waals surface area contributed by atoms with Crippen molar-refractivity contribution in [3.63, 3.8) is 0 Å². The second kappa shape index (κ2) is 8.75. The molecule has 0 saturated carbocycles. The normalized spacial score (nSPS) is 12.3. The number of hydrogen-bond acceptors (Lipinski definition) is 4. The van der Waals surface area contributed by atoms with Crippen LogP contribution in [-0.4, -0.2) is 32.4 Å². The first-order chi connectivity index (χ1) is 13.0. The van der Waals surface area contributed by atoms with E-state index in [0.29, 0.717) is 22.0 Å². The fourth-order valence-electron chi connectivity index (χ4n) is 2.82. The Labute approximate surface area is 170 Å². The van der Waals surface area contributed by atoms with Crippen LogP contribution < -0.4 is 9.62 Å². The van der Waals surface area contributed by atoms with E-state index in [1.165, 1.54) is 13.0 Å². The van der Waals surface area contributed by atoms with Gasteiger partial charge < -0.3 is 5.32 Å². The summed E-state index contributed by atoms with van der Waals surface area (Å²) in [5.74, 6) is -0.625. The van der Waals surface area contributed by atoms with Crippen LogP contribution in [0, 0.1) is 6.92 Å². The Morgan fingerprint density at radius 3 is 2.39 bits per heavy atom. The minimum absolute atomic E-state index is 0.129. The molecule has 28 heavy (non-hydrogen) atoms. The molecule has 0 heterocycles. The number of aryl methyl sites for hydroxylation is 1. The number of nitrogens with zero attached hydrogens (tertiary/aromatic N) is 1. The molecule has 1 atom stereocenters.